The molecule has 0 aliphatic heterocycles. The van der Waals surface area contributed by atoms with E-state index in [0.29, 0.717) is 11.0 Å². The Kier molecular flexibility index (Phi) is 8.86. The first-order valence-electron chi connectivity index (χ1n) is 7.42. The Labute approximate surface area is 141 Å². The zero-order valence-electron chi connectivity index (χ0n) is 12.4. The summed E-state index contributed by atoms with van der Waals surface area (Å²) in [6.45, 7) is 2.65. The molecule has 21 heavy (non-hydrogen) atoms. The molecule has 3 nitrogen and oxygen atoms in total. The molecule has 0 spiro atoms. The van der Waals surface area contributed by atoms with Crippen molar-refractivity contribution in [2.24, 2.45) is 0 Å². The van der Waals surface area contributed by atoms with Gasteiger partial charge in [0.1, 0.15) is 4.90 Å². The highest BCUT2D eigenvalue weighted by molar-refractivity contribution is 9.10. The van der Waals surface area contributed by atoms with E-state index >= 15 is 0 Å². The monoisotopic (exact) mass is 395 g/mol. The molecule has 0 radical (unpaired) electrons. The number of rotatable bonds is 10. The molecule has 0 aliphatic rings. The number of hydrogen-bond donors (Lipinski definition) is 1. The molecular weight excluding hydrogens is 374 g/mol. The standard InChI is InChI=1S/C15H23BrClNO2S/c1-2-3-4-5-6-7-8-12-18-21(19,20)14-11-9-10-13(16)15(14)17/h9-11,18H,2-8,12H2,1H3. The van der Waals surface area contributed by atoms with Crippen LogP contribution in [0.4, 0.5) is 0 Å². The summed E-state index contributed by atoms with van der Waals surface area (Å²) in [6.07, 6.45) is 8.12. The summed E-state index contributed by atoms with van der Waals surface area (Å²) >= 11 is 9.26. The van der Waals surface area contributed by atoms with Crippen LogP contribution in [0.2, 0.25) is 5.02 Å². The van der Waals surface area contributed by atoms with Crippen molar-refractivity contribution < 1.29 is 8.42 Å². The molecule has 0 saturated heterocycles. The summed E-state index contributed by atoms with van der Waals surface area (Å²) in [7, 11) is -3.53. The van der Waals surface area contributed by atoms with Crippen molar-refractivity contribution in [3.63, 3.8) is 0 Å². The van der Waals surface area contributed by atoms with Crippen LogP contribution in [0.1, 0.15) is 51.9 Å². The maximum Gasteiger partial charge on any atom is 0.242 e. The molecule has 120 valence electrons. The maximum absolute atomic E-state index is 12.2. The number of benzene rings is 1. The summed E-state index contributed by atoms with van der Waals surface area (Å²) in [5, 5.41) is 0.226. The first-order chi connectivity index (χ1) is 9.99. The second-order valence-corrected chi connectivity index (χ2v) is 8.04. The SMILES string of the molecule is CCCCCCCCCNS(=O)(=O)c1cccc(Br)c1Cl. The van der Waals surface area contributed by atoms with Crippen molar-refractivity contribution in [1.82, 2.24) is 4.72 Å². The largest absolute Gasteiger partial charge is 0.242 e. The lowest BCUT2D eigenvalue weighted by Crippen LogP contribution is -2.25. The van der Waals surface area contributed by atoms with Gasteiger partial charge in [0.2, 0.25) is 10.0 Å². The molecule has 1 rings (SSSR count). The Balaban J connectivity index is 2.35. The average molecular weight is 397 g/mol. The van der Waals surface area contributed by atoms with E-state index in [0.717, 1.165) is 12.8 Å². The molecule has 0 amide bonds. The van der Waals surface area contributed by atoms with Gasteiger partial charge in [0.05, 0.1) is 5.02 Å². The fourth-order valence-electron chi connectivity index (χ4n) is 2.06. The van der Waals surface area contributed by atoms with Crippen LogP contribution in [0, 0.1) is 0 Å². The molecule has 1 aromatic carbocycles. The van der Waals surface area contributed by atoms with Crippen LogP contribution in [0.5, 0.6) is 0 Å². The third-order valence-corrected chi connectivity index (χ3v) is 6.19. The highest BCUT2D eigenvalue weighted by atomic mass is 79.9. The van der Waals surface area contributed by atoms with Gasteiger partial charge in [0.15, 0.2) is 0 Å². The highest BCUT2D eigenvalue weighted by Crippen LogP contribution is 2.29. The predicted molar refractivity (Wildman–Crippen MR) is 92.3 cm³/mol. The topological polar surface area (TPSA) is 46.2 Å². The zero-order chi connectivity index (χ0) is 15.7. The van der Waals surface area contributed by atoms with Crippen LogP contribution in [-0.2, 0) is 10.0 Å². The van der Waals surface area contributed by atoms with Crippen molar-refractivity contribution in [3.8, 4) is 0 Å². The van der Waals surface area contributed by atoms with Crippen LogP contribution < -0.4 is 4.72 Å². The Bertz CT molecular complexity index is 534. The molecule has 1 aromatic rings. The van der Waals surface area contributed by atoms with E-state index in [1.165, 1.54) is 38.2 Å². The lowest BCUT2D eigenvalue weighted by Gasteiger charge is -2.09. The van der Waals surface area contributed by atoms with Crippen LogP contribution in [-0.4, -0.2) is 15.0 Å². The minimum Gasteiger partial charge on any atom is -0.211 e. The van der Waals surface area contributed by atoms with Gasteiger partial charge >= 0.3 is 0 Å². The third-order valence-electron chi connectivity index (χ3n) is 3.28. The second-order valence-electron chi connectivity index (χ2n) is 5.07. The van der Waals surface area contributed by atoms with E-state index in [1.54, 1.807) is 12.1 Å². The van der Waals surface area contributed by atoms with Gasteiger partial charge in [-0.15, -0.1) is 0 Å². The maximum atomic E-state index is 12.2. The van der Waals surface area contributed by atoms with Gasteiger partial charge < -0.3 is 0 Å². The van der Waals surface area contributed by atoms with Gasteiger partial charge in [-0.1, -0.05) is 63.1 Å². The van der Waals surface area contributed by atoms with Crippen molar-refractivity contribution in [3.05, 3.63) is 27.7 Å². The van der Waals surface area contributed by atoms with Crippen molar-refractivity contribution in [2.75, 3.05) is 6.54 Å². The van der Waals surface area contributed by atoms with Gasteiger partial charge in [-0.05, 0) is 34.5 Å². The third kappa shape index (κ3) is 6.68. The number of nitrogens with one attached hydrogen (secondary N) is 1. The molecule has 0 heterocycles. The van der Waals surface area contributed by atoms with Crippen molar-refractivity contribution >= 4 is 37.6 Å². The molecule has 1 N–H and O–H groups in total. The molecule has 0 bridgehead atoms. The minimum atomic E-state index is -3.53. The number of hydrogen-bond acceptors (Lipinski definition) is 2. The van der Waals surface area contributed by atoms with E-state index in [-0.39, 0.29) is 9.92 Å². The summed E-state index contributed by atoms with van der Waals surface area (Å²) in [5.41, 5.74) is 0. The Morgan fingerprint density at radius 3 is 2.38 bits per heavy atom. The van der Waals surface area contributed by atoms with E-state index in [4.69, 9.17) is 11.6 Å². The summed E-state index contributed by atoms with van der Waals surface area (Å²) in [5.74, 6) is 0. The van der Waals surface area contributed by atoms with E-state index < -0.39 is 10.0 Å². The first kappa shape index (κ1) is 18.9. The molecule has 0 aromatic heterocycles. The zero-order valence-corrected chi connectivity index (χ0v) is 15.5. The van der Waals surface area contributed by atoms with Crippen LogP contribution in [0.3, 0.4) is 0 Å². The lowest BCUT2D eigenvalue weighted by atomic mass is 10.1. The van der Waals surface area contributed by atoms with Crippen molar-refractivity contribution in [2.45, 2.75) is 56.8 Å². The molecule has 0 atom stereocenters. The number of sulfonamides is 1. The van der Waals surface area contributed by atoms with Gasteiger partial charge in [0.25, 0.3) is 0 Å². The first-order valence-corrected chi connectivity index (χ1v) is 10.1. The molecular formula is C15H23BrClNO2S. The highest BCUT2D eigenvalue weighted by Gasteiger charge is 2.18. The van der Waals surface area contributed by atoms with E-state index in [2.05, 4.69) is 27.6 Å². The molecule has 0 fully saturated rings. The quantitative estimate of drug-likeness (QED) is 0.557. The summed E-state index contributed by atoms with van der Waals surface area (Å²) in [4.78, 5) is 0.126. The molecule has 6 heteroatoms. The van der Waals surface area contributed by atoms with Crippen molar-refractivity contribution in [1.29, 1.82) is 0 Å². The van der Waals surface area contributed by atoms with Crippen LogP contribution in [0.15, 0.2) is 27.6 Å². The Morgan fingerprint density at radius 2 is 1.71 bits per heavy atom. The molecule has 0 aliphatic carbocycles. The average Bonchev–Trinajstić information content (AvgIpc) is 2.44. The lowest BCUT2D eigenvalue weighted by molar-refractivity contribution is 0.563. The van der Waals surface area contributed by atoms with Crippen LogP contribution in [0.25, 0.3) is 0 Å². The van der Waals surface area contributed by atoms with Crippen LogP contribution >= 0.6 is 27.5 Å². The fraction of sp³-hybridized carbons (Fsp3) is 0.600. The van der Waals surface area contributed by atoms with Gasteiger partial charge in [0, 0.05) is 11.0 Å². The van der Waals surface area contributed by atoms with E-state index in [1.807, 2.05) is 0 Å². The number of halogens is 2. The Morgan fingerprint density at radius 1 is 1.10 bits per heavy atom. The van der Waals surface area contributed by atoms with Gasteiger partial charge in [-0.2, -0.15) is 0 Å². The Hall–Kier alpha value is -0.100. The predicted octanol–water partition coefficient (Wildman–Crippen LogP) is 5.13. The molecule has 0 saturated carbocycles. The van der Waals surface area contributed by atoms with Gasteiger partial charge in [-0.25, -0.2) is 13.1 Å². The number of unbranched alkanes of at least 4 members (excludes halogenated alkanes) is 6. The minimum absolute atomic E-state index is 0.126. The normalized spacial score (nSPS) is 11.8. The summed E-state index contributed by atoms with van der Waals surface area (Å²) < 4.78 is 27.5. The second kappa shape index (κ2) is 9.82. The smallest absolute Gasteiger partial charge is 0.211 e. The fourth-order valence-corrected chi connectivity index (χ4v) is 4.16. The molecule has 0 unspecified atom stereocenters. The van der Waals surface area contributed by atoms with Gasteiger partial charge in [-0.3, -0.25) is 0 Å². The van der Waals surface area contributed by atoms with E-state index in [9.17, 15) is 8.42 Å². The summed E-state index contributed by atoms with van der Waals surface area (Å²) in [6, 6.07) is 4.90.